The van der Waals surface area contributed by atoms with E-state index < -0.39 is 0 Å². The van der Waals surface area contributed by atoms with E-state index in [1.54, 1.807) is 12.1 Å². The normalized spacial score (nSPS) is 14.3. The molecule has 1 aromatic heterocycles. The molecule has 5 nitrogen and oxygen atoms in total. The number of nitrogens with one attached hydrogen (secondary N) is 1. The summed E-state index contributed by atoms with van der Waals surface area (Å²) in [6, 6.07) is 12.4. The predicted octanol–water partition coefficient (Wildman–Crippen LogP) is 2.96. The minimum absolute atomic E-state index is 0.0981. The standard InChI is InChI=1S/C18H19N3O2/c22-17(20-15-7-3-1-4-8-15)14-9-10-19-16(13-14)18(23)21-11-5-2-6-12-21/h1,3-4,7-10,13H,2,5-6,11-12H2,(H,20,22). The second kappa shape index (κ2) is 7.05. The van der Waals surface area contributed by atoms with Crippen LogP contribution in [0.1, 0.15) is 40.1 Å². The van der Waals surface area contributed by atoms with Crippen molar-refractivity contribution in [3.63, 3.8) is 0 Å². The lowest BCUT2D eigenvalue weighted by molar-refractivity contribution is 0.0718. The van der Waals surface area contributed by atoms with Crippen molar-refractivity contribution in [2.45, 2.75) is 19.3 Å². The van der Waals surface area contributed by atoms with Gasteiger partial charge >= 0.3 is 0 Å². The first-order valence-electron chi connectivity index (χ1n) is 7.86. The molecule has 1 aliphatic heterocycles. The van der Waals surface area contributed by atoms with E-state index in [2.05, 4.69) is 10.3 Å². The lowest BCUT2D eigenvalue weighted by Gasteiger charge is -2.26. The molecule has 0 bridgehead atoms. The lowest BCUT2D eigenvalue weighted by atomic mass is 10.1. The minimum atomic E-state index is -0.244. The number of rotatable bonds is 3. The van der Waals surface area contributed by atoms with Gasteiger partial charge < -0.3 is 10.2 Å². The Hall–Kier alpha value is -2.69. The molecule has 1 aromatic carbocycles. The van der Waals surface area contributed by atoms with Gasteiger partial charge in [-0.25, -0.2) is 0 Å². The predicted molar refractivity (Wildman–Crippen MR) is 88.4 cm³/mol. The third kappa shape index (κ3) is 3.74. The van der Waals surface area contributed by atoms with Gasteiger partial charge in [-0.15, -0.1) is 0 Å². The number of aromatic nitrogens is 1. The van der Waals surface area contributed by atoms with Crippen molar-refractivity contribution >= 4 is 17.5 Å². The molecule has 0 unspecified atom stereocenters. The molecule has 2 amide bonds. The summed E-state index contributed by atoms with van der Waals surface area (Å²) in [6.07, 6.45) is 4.73. The highest BCUT2D eigenvalue weighted by Crippen LogP contribution is 2.14. The number of carbonyl (C=O) groups excluding carboxylic acids is 2. The molecule has 1 aliphatic rings. The average molecular weight is 309 g/mol. The maximum absolute atomic E-state index is 12.5. The molecule has 1 saturated heterocycles. The number of para-hydroxylation sites is 1. The first kappa shape index (κ1) is 15.2. The van der Waals surface area contributed by atoms with Crippen LogP contribution in [0.5, 0.6) is 0 Å². The van der Waals surface area contributed by atoms with E-state index in [4.69, 9.17) is 0 Å². The second-order valence-corrected chi connectivity index (χ2v) is 5.60. The Morgan fingerprint density at radius 2 is 1.74 bits per heavy atom. The smallest absolute Gasteiger partial charge is 0.272 e. The van der Waals surface area contributed by atoms with Crippen molar-refractivity contribution in [3.05, 3.63) is 59.9 Å². The summed E-state index contributed by atoms with van der Waals surface area (Å²) in [7, 11) is 0. The zero-order valence-corrected chi connectivity index (χ0v) is 12.9. The zero-order valence-electron chi connectivity index (χ0n) is 12.9. The molecule has 118 valence electrons. The highest BCUT2D eigenvalue weighted by Gasteiger charge is 2.20. The first-order valence-corrected chi connectivity index (χ1v) is 7.86. The number of benzene rings is 1. The third-order valence-corrected chi connectivity index (χ3v) is 3.92. The topological polar surface area (TPSA) is 62.3 Å². The highest BCUT2D eigenvalue weighted by atomic mass is 16.2. The summed E-state index contributed by atoms with van der Waals surface area (Å²) >= 11 is 0. The van der Waals surface area contributed by atoms with Crippen LogP contribution in [0, 0.1) is 0 Å². The van der Waals surface area contributed by atoms with E-state index in [0.29, 0.717) is 11.3 Å². The van der Waals surface area contributed by atoms with Gasteiger partial charge in [-0.1, -0.05) is 18.2 Å². The number of hydrogen-bond donors (Lipinski definition) is 1. The van der Waals surface area contributed by atoms with Crippen molar-refractivity contribution in [2.75, 3.05) is 18.4 Å². The van der Waals surface area contributed by atoms with Crippen molar-refractivity contribution in [2.24, 2.45) is 0 Å². The lowest BCUT2D eigenvalue weighted by Crippen LogP contribution is -2.36. The van der Waals surface area contributed by atoms with Gasteiger partial charge in [0.25, 0.3) is 11.8 Å². The summed E-state index contributed by atoms with van der Waals surface area (Å²) in [5, 5.41) is 2.81. The van der Waals surface area contributed by atoms with Crippen LogP contribution in [-0.4, -0.2) is 34.8 Å². The highest BCUT2D eigenvalue weighted by molar-refractivity contribution is 6.05. The minimum Gasteiger partial charge on any atom is -0.337 e. The van der Waals surface area contributed by atoms with Crippen LogP contribution in [0.4, 0.5) is 5.69 Å². The van der Waals surface area contributed by atoms with Gasteiger partial charge in [0.05, 0.1) is 0 Å². The number of piperidine rings is 1. The van der Waals surface area contributed by atoms with Crippen molar-refractivity contribution in [1.29, 1.82) is 0 Å². The van der Waals surface area contributed by atoms with Gasteiger partial charge in [0, 0.05) is 30.5 Å². The van der Waals surface area contributed by atoms with Gasteiger partial charge in [0.1, 0.15) is 5.69 Å². The molecule has 3 rings (SSSR count). The zero-order chi connectivity index (χ0) is 16.1. The van der Waals surface area contributed by atoms with Gasteiger partial charge in [0.15, 0.2) is 0 Å². The van der Waals surface area contributed by atoms with Crippen LogP contribution in [0.3, 0.4) is 0 Å². The molecule has 23 heavy (non-hydrogen) atoms. The largest absolute Gasteiger partial charge is 0.337 e. The number of hydrogen-bond acceptors (Lipinski definition) is 3. The molecule has 0 aliphatic carbocycles. The van der Waals surface area contributed by atoms with Gasteiger partial charge in [-0.05, 0) is 43.5 Å². The van der Waals surface area contributed by atoms with E-state index in [1.807, 2.05) is 35.2 Å². The number of likely N-dealkylation sites (tertiary alicyclic amines) is 1. The Labute approximate surface area is 135 Å². The second-order valence-electron chi connectivity index (χ2n) is 5.60. The fourth-order valence-corrected chi connectivity index (χ4v) is 2.67. The fourth-order valence-electron chi connectivity index (χ4n) is 2.67. The van der Waals surface area contributed by atoms with Crippen molar-refractivity contribution in [3.8, 4) is 0 Å². The fraction of sp³-hybridized carbons (Fsp3) is 0.278. The molecular formula is C18H19N3O2. The summed E-state index contributed by atoms with van der Waals surface area (Å²) in [4.78, 5) is 30.7. The maximum Gasteiger partial charge on any atom is 0.272 e. The Kier molecular flexibility index (Phi) is 4.66. The molecule has 1 N–H and O–H groups in total. The molecule has 2 heterocycles. The first-order chi connectivity index (χ1) is 11.2. The number of anilines is 1. The van der Waals surface area contributed by atoms with Crippen LogP contribution < -0.4 is 5.32 Å². The maximum atomic E-state index is 12.5. The van der Waals surface area contributed by atoms with Crippen LogP contribution in [-0.2, 0) is 0 Å². The molecule has 0 atom stereocenters. The number of amides is 2. The van der Waals surface area contributed by atoms with Gasteiger partial charge in [0.2, 0.25) is 0 Å². The molecule has 2 aromatic rings. The molecule has 0 spiro atoms. The molecule has 1 fully saturated rings. The van der Waals surface area contributed by atoms with E-state index in [-0.39, 0.29) is 11.8 Å². The Bertz CT molecular complexity index is 694. The number of pyridine rings is 1. The monoisotopic (exact) mass is 309 g/mol. The summed E-state index contributed by atoms with van der Waals surface area (Å²) in [6.45, 7) is 1.53. The van der Waals surface area contributed by atoms with E-state index in [0.717, 1.165) is 38.0 Å². The third-order valence-electron chi connectivity index (χ3n) is 3.92. The summed E-state index contributed by atoms with van der Waals surface area (Å²) in [5.41, 5.74) is 1.48. The Morgan fingerprint density at radius 3 is 2.48 bits per heavy atom. The van der Waals surface area contributed by atoms with E-state index in [1.165, 1.54) is 6.20 Å². The van der Waals surface area contributed by atoms with Crippen LogP contribution in [0.25, 0.3) is 0 Å². The Morgan fingerprint density at radius 1 is 1.00 bits per heavy atom. The quantitative estimate of drug-likeness (QED) is 0.948. The van der Waals surface area contributed by atoms with Crippen molar-refractivity contribution in [1.82, 2.24) is 9.88 Å². The molecular weight excluding hydrogens is 290 g/mol. The van der Waals surface area contributed by atoms with Crippen molar-refractivity contribution < 1.29 is 9.59 Å². The Balaban J connectivity index is 1.74. The number of nitrogens with zero attached hydrogens (tertiary/aromatic N) is 2. The summed E-state index contributed by atoms with van der Waals surface area (Å²) in [5.74, 6) is -0.342. The van der Waals surface area contributed by atoms with E-state index >= 15 is 0 Å². The van der Waals surface area contributed by atoms with Crippen LogP contribution in [0.15, 0.2) is 48.7 Å². The van der Waals surface area contributed by atoms with Crippen LogP contribution >= 0.6 is 0 Å². The van der Waals surface area contributed by atoms with Gasteiger partial charge in [-0.2, -0.15) is 0 Å². The summed E-state index contributed by atoms with van der Waals surface area (Å²) < 4.78 is 0. The van der Waals surface area contributed by atoms with Crippen LogP contribution in [0.2, 0.25) is 0 Å². The molecule has 0 radical (unpaired) electrons. The van der Waals surface area contributed by atoms with Gasteiger partial charge in [-0.3, -0.25) is 14.6 Å². The van der Waals surface area contributed by atoms with E-state index in [9.17, 15) is 9.59 Å². The molecule has 5 heteroatoms. The average Bonchev–Trinajstić information content (AvgIpc) is 2.63. The SMILES string of the molecule is O=C(Nc1ccccc1)c1ccnc(C(=O)N2CCCCC2)c1. The molecule has 0 saturated carbocycles. The number of carbonyl (C=O) groups is 2.